The molecule has 0 N–H and O–H groups in total. The minimum absolute atomic E-state index is 0.143. The Labute approximate surface area is 113 Å². The Bertz CT molecular complexity index is 392. The van der Waals surface area contributed by atoms with Crippen molar-refractivity contribution in [3.8, 4) is 0 Å². The second-order valence-corrected chi connectivity index (χ2v) is 7.21. The third-order valence-corrected chi connectivity index (χ3v) is 4.96. The van der Waals surface area contributed by atoms with Gasteiger partial charge in [0.2, 0.25) is 0 Å². The molecular formula is C13H15Br2F. The van der Waals surface area contributed by atoms with E-state index >= 15 is 0 Å². The lowest BCUT2D eigenvalue weighted by molar-refractivity contribution is 0.335. The fraction of sp³-hybridized carbons (Fsp3) is 0.538. The van der Waals surface area contributed by atoms with Gasteiger partial charge in [0.15, 0.2) is 0 Å². The highest BCUT2D eigenvalue weighted by Crippen LogP contribution is 2.44. The lowest BCUT2D eigenvalue weighted by atomic mass is 9.82. The van der Waals surface area contributed by atoms with Crippen molar-refractivity contribution in [2.24, 2.45) is 5.41 Å². The first-order valence-corrected chi connectivity index (χ1v) is 7.27. The summed E-state index contributed by atoms with van der Waals surface area (Å²) in [5.41, 5.74) is 1.40. The van der Waals surface area contributed by atoms with Gasteiger partial charge < -0.3 is 0 Å². The number of hydrogen-bond donors (Lipinski definition) is 0. The summed E-state index contributed by atoms with van der Waals surface area (Å²) in [4.78, 5) is 0.629. The molecule has 0 aromatic heterocycles. The average molecular weight is 350 g/mol. The summed E-state index contributed by atoms with van der Waals surface area (Å²) in [5, 5.41) is 0. The van der Waals surface area contributed by atoms with E-state index in [4.69, 9.17) is 0 Å². The molecule has 3 heteroatoms. The van der Waals surface area contributed by atoms with Crippen molar-refractivity contribution >= 4 is 31.9 Å². The smallest absolute Gasteiger partial charge is 0.123 e. The van der Waals surface area contributed by atoms with Gasteiger partial charge in [-0.3, -0.25) is 0 Å². The highest BCUT2D eigenvalue weighted by molar-refractivity contribution is 9.10. The van der Waals surface area contributed by atoms with Gasteiger partial charge >= 0.3 is 0 Å². The van der Waals surface area contributed by atoms with E-state index in [-0.39, 0.29) is 5.82 Å². The zero-order valence-electron chi connectivity index (χ0n) is 9.27. The van der Waals surface area contributed by atoms with Gasteiger partial charge in [0.05, 0.1) is 0 Å². The SMILES string of the molecule is CC1(Cc2cc(F)ccc2Br)CCC(Br)C1. The molecule has 0 amide bonds. The molecule has 0 saturated heterocycles. The van der Waals surface area contributed by atoms with Crippen LogP contribution in [0.5, 0.6) is 0 Å². The van der Waals surface area contributed by atoms with Crippen LogP contribution in [0.15, 0.2) is 22.7 Å². The molecule has 2 atom stereocenters. The van der Waals surface area contributed by atoms with Gasteiger partial charge in [-0.15, -0.1) is 0 Å². The first-order chi connectivity index (χ1) is 7.48. The number of halogens is 3. The van der Waals surface area contributed by atoms with Crippen LogP contribution in [0.2, 0.25) is 0 Å². The van der Waals surface area contributed by atoms with Gasteiger partial charge in [-0.2, -0.15) is 0 Å². The van der Waals surface area contributed by atoms with E-state index in [2.05, 4.69) is 38.8 Å². The molecule has 1 saturated carbocycles. The van der Waals surface area contributed by atoms with Gasteiger partial charge in [-0.25, -0.2) is 4.39 Å². The first-order valence-electron chi connectivity index (χ1n) is 5.56. The maximum absolute atomic E-state index is 13.2. The van der Waals surface area contributed by atoms with Crippen molar-refractivity contribution in [2.75, 3.05) is 0 Å². The average Bonchev–Trinajstić information content (AvgIpc) is 2.52. The predicted molar refractivity (Wildman–Crippen MR) is 72.5 cm³/mol. The van der Waals surface area contributed by atoms with Gasteiger partial charge in [0.25, 0.3) is 0 Å². The monoisotopic (exact) mass is 348 g/mol. The summed E-state index contributed by atoms with van der Waals surface area (Å²) < 4.78 is 14.2. The molecule has 0 bridgehead atoms. The van der Waals surface area contributed by atoms with E-state index in [1.165, 1.54) is 25.3 Å². The molecule has 1 aliphatic rings. The van der Waals surface area contributed by atoms with Crippen molar-refractivity contribution in [3.63, 3.8) is 0 Å². The van der Waals surface area contributed by atoms with Crippen molar-refractivity contribution in [3.05, 3.63) is 34.1 Å². The largest absolute Gasteiger partial charge is 0.207 e. The van der Waals surface area contributed by atoms with Crippen LogP contribution < -0.4 is 0 Å². The van der Waals surface area contributed by atoms with Crippen LogP contribution in [-0.2, 0) is 6.42 Å². The molecule has 16 heavy (non-hydrogen) atoms. The van der Waals surface area contributed by atoms with Crippen LogP contribution in [0.4, 0.5) is 4.39 Å². The van der Waals surface area contributed by atoms with Crippen LogP contribution in [0.1, 0.15) is 31.7 Å². The Hall–Kier alpha value is 0.110. The summed E-state index contributed by atoms with van der Waals surface area (Å²) in [6, 6.07) is 4.95. The molecule has 0 radical (unpaired) electrons. The molecule has 2 rings (SSSR count). The van der Waals surface area contributed by atoms with E-state index in [1.807, 2.05) is 0 Å². The third kappa shape index (κ3) is 2.86. The maximum atomic E-state index is 13.2. The predicted octanol–water partition coefficient (Wildman–Crippen LogP) is 5.08. The molecule has 0 aliphatic heterocycles. The third-order valence-electron chi connectivity index (χ3n) is 3.40. The Kier molecular flexibility index (Phi) is 3.75. The van der Waals surface area contributed by atoms with Crippen LogP contribution in [0.25, 0.3) is 0 Å². The van der Waals surface area contributed by atoms with Gasteiger partial charge in [-0.1, -0.05) is 38.8 Å². The summed E-state index contributed by atoms with van der Waals surface area (Å²) in [6.07, 6.45) is 4.57. The zero-order valence-corrected chi connectivity index (χ0v) is 12.4. The van der Waals surface area contributed by atoms with E-state index in [0.29, 0.717) is 10.2 Å². The minimum Gasteiger partial charge on any atom is -0.207 e. The van der Waals surface area contributed by atoms with Crippen molar-refractivity contribution in [1.29, 1.82) is 0 Å². The van der Waals surface area contributed by atoms with Gasteiger partial charge in [-0.05, 0) is 54.9 Å². The lowest BCUT2D eigenvalue weighted by Gasteiger charge is -2.24. The minimum atomic E-state index is -0.143. The summed E-state index contributed by atoms with van der Waals surface area (Å²) in [7, 11) is 0. The molecule has 1 aromatic carbocycles. The second-order valence-electron chi connectivity index (χ2n) is 5.06. The molecule has 0 nitrogen and oxygen atoms in total. The maximum Gasteiger partial charge on any atom is 0.123 e. The molecule has 88 valence electrons. The van der Waals surface area contributed by atoms with Crippen molar-refractivity contribution < 1.29 is 4.39 Å². The van der Waals surface area contributed by atoms with Crippen molar-refractivity contribution in [1.82, 2.24) is 0 Å². The van der Waals surface area contributed by atoms with Crippen LogP contribution in [0, 0.1) is 11.2 Å². The van der Waals surface area contributed by atoms with E-state index in [9.17, 15) is 4.39 Å². The van der Waals surface area contributed by atoms with Crippen LogP contribution in [-0.4, -0.2) is 4.83 Å². The van der Waals surface area contributed by atoms with Gasteiger partial charge in [0, 0.05) is 9.30 Å². The molecular weight excluding hydrogens is 335 g/mol. The van der Waals surface area contributed by atoms with Crippen LogP contribution in [0.3, 0.4) is 0 Å². The Morgan fingerprint density at radius 3 is 2.88 bits per heavy atom. The summed E-state index contributed by atoms with van der Waals surface area (Å²) in [5.74, 6) is -0.143. The van der Waals surface area contributed by atoms with Gasteiger partial charge in [0.1, 0.15) is 5.82 Å². The topological polar surface area (TPSA) is 0 Å². The van der Waals surface area contributed by atoms with E-state index in [0.717, 1.165) is 16.5 Å². The molecule has 1 aliphatic carbocycles. The number of benzene rings is 1. The Balaban J connectivity index is 2.17. The number of hydrogen-bond acceptors (Lipinski definition) is 0. The fourth-order valence-corrected chi connectivity index (χ4v) is 3.94. The standard InChI is InChI=1S/C13H15Br2F/c1-13(5-4-10(14)8-13)7-9-6-11(16)2-3-12(9)15/h2-3,6,10H,4-5,7-8H2,1H3. The van der Waals surface area contributed by atoms with Crippen molar-refractivity contribution in [2.45, 2.75) is 37.4 Å². The molecule has 2 unspecified atom stereocenters. The van der Waals surface area contributed by atoms with E-state index < -0.39 is 0 Å². The summed E-state index contributed by atoms with van der Waals surface area (Å²) in [6.45, 7) is 2.30. The number of rotatable bonds is 2. The van der Waals surface area contributed by atoms with E-state index in [1.54, 1.807) is 12.1 Å². The first kappa shape index (κ1) is 12.6. The molecule has 1 aromatic rings. The Morgan fingerprint density at radius 1 is 1.50 bits per heavy atom. The molecule has 1 fully saturated rings. The normalized spacial score (nSPS) is 29.6. The summed E-state index contributed by atoms with van der Waals surface area (Å²) >= 11 is 7.17. The molecule has 0 spiro atoms. The number of alkyl halides is 1. The quantitative estimate of drug-likeness (QED) is 0.653. The fourth-order valence-electron chi connectivity index (χ4n) is 2.54. The zero-order chi connectivity index (χ0) is 11.8. The Morgan fingerprint density at radius 2 is 2.25 bits per heavy atom. The van der Waals surface area contributed by atoms with Crippen LogP contribution >= 0.6 is 31.9 Å². The second kappa shape index (κ2) is 4.77. The highest BCUT2D eigenvalue weighted by atomic mass is 79.9. The molecule has 0 heterocycles. The lowest BCUT2D eigenvalue weighted by Crippen LogP contribution is -2.16. The highest BCUT2D eigenvalue weighted by Gasteiger charge is 2.34.